The highest BCUT2D eigenvalue weighted by Gasteiger charge is 2.37. The third-order valence-electron chi connectivity index (χ3n) is 4.28. The van der Waals surface area contributed by atoms with Crippen molar-refractivity contribution in [2.24, 2.45) is 0 Å². The molecular formula is C19H20N2O2. The number of amides is 2. The molecule has 2 atom stereocenters. The summed E-state index contributed by atoms with van der Waals surface area (Å²) in [6.07, 6.45) is 0.559. The quantitative estimate of drug-likeness (QED) is 0.948. The minimum absolute atomic E-state index is 0.0961. The van der Waals surface area contributed by atoms with Crippen LogP contribution < -0.4 is 10.2 Å². The molecule has 2 aromatic rings. The van der Waals surface area contributed by atoms with Gasteiger partial charge in [-0.25, -0.2) is 0 Å². The molecule has 1 aliphatic heterocycles. The van der Waals surface area contributed by atoms with E-state index in [-0.39, 0.29) is 17.9 Å². The van der Waals surface area contributed by atoms with E-state index < -0.39 is 6.04 Å². The summed E-state index contributed by atoms with van der Waals surface area (Å²) in [6.45, 7) is 3.45. The fourth-order valence-corrected chi connectivity index (χ4v) is 3.12. The van der Waals surface area contributed by atoms with Gasteiger partial charge in [0.15, 0.2) is 0 Å². The van der Waals surface area contributed by atoms with Crippen molar-refractivity contribution in [3.05, 3.63) is 65.7 Å². The minimum Gasteiger partial charge on any atom is -0.348 e. The Kier molecular flexibility index (Phi) is 4.15. The molecule has 0 aromatic heterocycles. The maximum Gasteiger partial charge on any atom is 0.244 e. The Morgan fingerprint density at radius 3 is 2.43 bits per heavy atom. The second-order valence-corrected chi connectivity index (χ2v) is 5.88. The predicted molar refractivity (Wildman–Crippen MR) is 90.1 cm³/mol. The Hall–Kier alpha value is -2.62. The number of hydrogen-bond donors (Lipinski definition) is 1. The molecular weight excluding hydrogens is 288 g/mol. The van der Waals surface area contributed by atoms with E-state index >= 15 is 0 Å². The second kappa shape index (κ2) is 6.24. The number of fused-ring (bicyclic) bond motifs is 1. The van der Waals surface area contributed by atoms with E-state index in [4.69, 9.17) is 0 Å². The molecule has 4 nitrogen and oxygen atoms in total. The summed E-state index contributed by atoms with van der Waals surface area (Å²) >= 11 is 0. The van der Waals surface area contributed by atoms with E-state index in [1.165, 1.54) is 6.92 Å². The lowest BCUT2D eigenvalue weighted by Gasteiger charge is -2.25. The molecule has 1 unspecified atom stereocenters. The summed E-state index contributed by atoms with van der Waals surface area (Å²) in [6, 6.07) is 16.9. The van der Waals surface area contributed by atoms with Crippen LogP contribution in [0.2, 0.25) is 0 Å². The molecule has 4 heteroatoms. The highest BCUT2D eigenvalue weighted by molar-refractivity contribution is 6.02. The highest BCUT2D eigenvalue weighted by atomic mass is 16.2. The molecule has 0 bridgehead atoms. The third kappa shape index (κ3) is 2.97. The van der Waals surface area contributed by atoms with Crippen molar-refractivity contribution in [2.45, 2.75) is 32.4 Å². The number of hydrogen-bond acceptors (Lipinski definition) is 2. The van der Waals surface area contributed by atoms with Gasteiger partial charge in [0, 0.05) is 19.0 Å². The van der Waals surface area contributed by atoms with Crippen LogP contribution in [-0.2, 0) is 16.0 Å². The average Bonchev–Trinajstić information content (AvgIpc) is 2.95. The standard InChI is InChI=1S/C19H20N2O2/c1-13(15-8-4-3-5-9-15)20-19(23)18-12-16-10-6-7-11-17(16)21(18)14(2)22/h3-11,13,18H,12H2,1-2H3,(H,20,23)/t13?,18-/m0/s1. The van der Waals surface area contributed by atoms with Crippen molar-refractivity contribution in [1.82, 2.24) is 5.32 Å². The van der Waals surface area contributed by atoms with Crippen LogP contribution in [-0.4, -0.2) is 17.9 Å². The van der Waals surface area contributed by atoms with Gasteiger partial charge in [0.2, 0.25) is 11.8 Å². The maximum atomic E-state index is 12.7. The number of carbonyl (C=O) groups excluding carboxylic acids is 2. The summed E-state index contributed by atoms with van der Waals surface area (Å²) in [4.78, 5) is 26.3. The van der Waals surface area contributed by atoms with Crippen LogP contribution >= 0.6 is 0 Å². The Morgan fingerprint density at radius 1 is 1.09 bits per heavy atom. The summed E-state index contributed by atoms with van der Waals surface area (Å²) in [7, 11) is 0. The van der Waals surface area contributed by atoms with Gasteiger partial charge in [-0.3, -0.25) is 14.5 Å². The van der Waals surface area contributed by atoms with E-state index in [1.54, 1.807) is 4.90 Å². The molecule has 1 heterocycles. The Balaban J connectivity index is 1.79. The molecule has 3 rings (SSSR count). The molecule has 2 amide bonds. The van der Waals surface area contributed by atoms with E-state index in [2.05, 4.69) is 5.32 Å². The van der Waals surface area contributed by atoms with Gasteiger partial charge < -0.3 is 5.32 Å². The molecule has 0 radical (unpaired) electrons. The van der Waals surface area contributed by atoms with Gasteiger partial charge in [-0.15, -0.1) is 0 Å². The number of carbonyl (C=O) groups is 2. The first kappa shape index (κ1) is 15.3. The van der Waals surface area contributed by atoms with Gasteiger partial charge in [-0.1, -0.05) is 48.5 Å². The summed E-state index contributed by atoms with van der Waals surface area (Å²) < 4.78 is 0. The fraction of sp³-hybridized carbons (Fsp3) is 0.263. The molecule has 0 saturated heterocycles. The molecule has 0 fully saturated rings. The fourth-order valence-electron chi connectivity index (χ4n) is 3.12. The van der Waals surface area contributed by atoms with Gasteiger partial charge in [-0.2, -0.15) is 0 Å². The van der Waals surface area contributed by atoms with Crippen molar-refractivity contribution in [3.8, 4) is 0 Å². The number of nitrogens with zero attached hydrogens (tertiary/aromatic N) is 1. The Morgan fingerprint density at radius 2 is 1.74 bits per heavy atom. The summed E-state index contributed by atoms with van der Waals surface area (Å²) in [5.41, 5.74) is 2.92. The lowest BCUT2D eigenvalue weighted by Crippen LogP contribution is -2.47. The number of benzene rings is 2. The van der Waals surface area contributed by atoms with E-state index in [1.807, 2.05) is 61.5 Å². The zero-order valence-electron chi connectivity index (χ0n) is 13.3. The molecule has 0 spiro atoms. The predicted octanol–water partition coefficient (Wildman–Crippen LogP) is 2.84. The van der Waals surface area contributed by atoms with E-state index in [9.17, 15) is 9.59 Å². The zero-order chi connectivity index (χ0) is 16.4. The first-order valence-electron chi connectivity index (χ1n) is 7.81. The normalized spacial score (nSPS) is 17.5. The molecule has 0 saturated carbocycles. The first-order valence-corrected chi connectivity index (χ1v) is 7.81. The molecule has 23 heavy (non-hydrogen) atoms. The summed E-state index contributed by atoms with van der Waals surface area (Å²) in [5.74, 6) is -0.227. The molecule has 1 N–H and O–H groups in total. The monoisotopic (exact) mass is 308 g/mol. The average molecular weight is 308 g/mol. The van der Waals surface area contributed by atoms with E-state index in [0.29, 0.717) is 6.42 Å². The SMILES string of the molecule is CC(=O)N1c2ccccc2C[C@H]1C(=O)NC(C)c1ccccc1. The van der Waals surface area contributed by atoms with Crippen molar-refractivity contribution in [1.29, 1.82) is 0 Å². The summed E-state index contributed by atoms with van der Waals surface area (Å²) in [5, 5.41) is 3.02. The lowest BCUT2D eigenvalue weighted by atomic mass is 10.1. The third-order valence-corrected chi connectivity index (χ3v) is 4.28. The smallest absolute Gasteiger partial charge is 0.244 e. The highest BCUT2D eigenvalue weighted by Crippen LogP contribution is 2.32. The van der Waals surface area contributed by atoms with Gasteiger partial charge in [0.25, 0.3) is 0 Å². The van der Waals surface area contributed by atoms with Crippen molar-refractivity contribution < 1.29 is 9.59 Å². The molecule has 0 aliphatic carbocycles. The van der Waals surface area contributed by atoms with Crippen LogP contribution in [0, 0.1) is 0 Å². The van der Waals surface area contributed by atoms with Crippen molar-refractivity contribution >= 4 is 17.5 Å². The van der Waals surface area contributed by atoms with Crippen LogP contribution in [0.3, 0.4) is 0 Å². The zero-order valence-corrected chi connectivity index (χ0v) is 13.3. The number of nitrogens with one attached hydrogen (secondary N) is 1. The van der Waals surface area contributed by atoms with Crippen LogP contribution in [0.4, 0.5) is 5.69 Å². The van der Waals surface area contributed by atoms with Gasteiger partial charge in [0.1, 0.15) is 6.04 Å². The van der Waals surface area contributed by atoms with Crippen LogP contribution in [0.25, 0.3) is 0 Å². The molecule has 118 valence electrons. The lowest BCUT2D eigenvalue weighted by molar-refractivity contribution is -0.126. The Labute approximate surface area is 136 Å². The van der Waals surface area contributed by atoms with Crippen molar-refractivity contribution in [2.75, 3.05) is 4.90 Å². The van der Waals surface area contributed by atoms with E-state index in [0.717, 1.165) is 16.8 Å². The van der Waals surface area contributed by atoms with Crippen LogP contribution in [0.1, 0.15) is 31.0 Å². The molecule has 1 aliphatic rings. The topological polar surface area (TPSA) is 49.4 Å². The van der Waals surface area contributed by atoms with Gasteiger partial charge >= 0.3 is 0 Å². The number of anilines is 1. The van der Waals surface area contributed by atoms with Gasteiger partial charge in [-0.05, 0) is 24.1 Å². The maximum absolute atomic E-state index is 12.7. The van der Waals surface area contributed by atoms with Crippen LogP contribution in [0.15, 0.2) is 54.6 Å². The number of rotatable bonds is 3. The first-order chi connectivity index (χ1) is 11.1. The van der Waals surface area contributed by atoms with Gasteiger partial charge in [0.05, 0.1) is 6.04 Å². The molecule has 2 aromatic carbocycles. The minimum atomic E-state index is -0.476. The van der Waals surface area contributed by atoms with Crippen LogP contribution in [0.5, 0.6) is 0 Å². The largest absolute Gasteiger partial charge is 0.348 e. The number of para-hydroxylation sites is 1. The Bertz CT molecular complexity index is 727. The second-order valence-electron chi connectivity index (χ2n) is 5.88. The van der Waals surface area contributed by atoms with Crippen molar-refractivity contribution in [3.63, 3.8) is 0 Å².